The molecule has 0 spiro atoms. The van der Waals surface area contributed by atoms with E-state index in [2.05, 4.69) is 5.32 Å². The van der Waals surface area contributed by atoms with Gasteiger partial charge in [0.2, 0.25) is 5.91 Å². The highest BCUT2D eigenvalue weighted by Crippen LogP contribution is 2.14. The van der Waals surface area contributed by atoms with Gasteiger partial charge in [-0.3, -0.25) is 9.59 Å². The number of carbonyl (C=O) groups excluding carboxylic acids is 1. The van der Waals surface area contributed by atoms with Gasteiger partial charge in [-0.15, -0.1) is 11.3 Å². The summed E-state index contributed by atoms with van der Waals surface area (Å²) in [4.78, 5) is 24.3. The summed E-state index contributed by atoms with van der Waals surface area (Å²) in [5, 5.41) is 11.4. The first-order valence-corrected chi connectivity index (χ1v) is 6.33. The maximum absolute atomic E-state index is 11.5. The standard InChI is InChI=1S/C12H17NO3S/c1-8(6-12(15)16)5-11(14)13-7-10-4-3-9(2)17-10/h3-4,8H,5-7H2,1-2H3,(H,13,14)(H,15,16). The van der Waals surface area contributed by atoms with Crippen LogP contribution in [0.2, 0.25) is 0 Å². The monoisotopic (exact) mass is 255 g/mol. The third-order valence-electron chi connectivity index (χ3n) is 2.31. The Bertz CT molecular complexity index is 400. The fourth-order valence-electron chi connectivity index (χ4n) is 1.52. The fourth-order valence-corrected chi connectivity index (χ4v) is 2.35. The molecule has 5 heteroatoms. The van der Waals surface area contributed by atoms with Gasteiger partial charge in [-0.25, -0.2) is 0 Å². The van der Waals surface area contributed by atoms with E-state index in [1.54, 1.807) is 18.3 Å². The van der Waals surface area contributed by atoms with Crippen molar-refractivity contribution in [3.63, 3.8) is 0 Å². The number of nitrogens with one attached hydrogen (secondary N) is 1. The van der Waals surface area contributed by atoms with Gasteiger partial charge in [-0.1, -0.05) is 6.92 Å². The fraction of sp³-hybridized carbons (Fsp3) is 0.500. The first kappa shape index (κ1) is 13.7. The molecule has 94 valence electrons. The molecule has 1 amide bonds. The third kappa shape index (κ3) is 5.49. The zero-order chi connectivity index (χ0) is 12.8. The number of carbonyl (C=O) groups is 2. The Hall–Kier alpha value is -1.36. The maximum Gasteiger partial charge on any atom is 0.303 e. The van der Waals surface area contributed by atoms with Crippen molar-refractivity contribution in [3.8, 4) is 0 Å². The Morgan fingerprint density at radius 3 is 2.65 bits per heavy atom. The van der Waals surface area contributed by atoms with Crippen LogP contribution in [0.25, 0.3) is 0 Å². The number of rotatable bonds is 6. The van der Waals surface area contributed by atoms with Crippen molar-refractivity contribution >= 4 is 23.2 Å². The maximum atomic E-state index is 11.5. The zero-order valence-corrected chi connectivity index (χ0v) is 10.8. The van der Waals surface area contributed by atoms with Gasteiger partial charge in [0, 0.05) is 22.6 Å². The molecule has 0 aliphatic carbocycles. The van der Waals surface area contributed by atoms with Crippen LogP contribution in [0, 0.1) is 12.8 Å². The van der Waals surface area contributed by atoms with Gasteiger partial charge in [0.05, 0.1) is 6.54 Å². The molecule has 0 aromatic carbocycles. The predicted molar refractivity (Wildman–Crippen MR) is 66.9 cm³/mol. The number of aryl methyl sites for hydroxylation is 1. The van der Waals surface area contributed by atoms with E-state index < -0.39 is 5.97 Å². The highest BCUT2D eigenvalue weighted by atomic mass is 32.1. The van der Waals surface area contributed by atoms with Crippen molar-refractivity contribution in [3.05, 3.63) is 21.9 Å². The van der Waals surface area contributed by atoms with E-state index in [4.69, 9.17) is 5.11 Å². The van der Waals surface area contributed by atoms with E-state index in [9.17, 15) is 9.59 Å². The second kappa shape index (κ2) is 6.39. The van der Waals surface area contributed by atoms with Crippen LogP contribution in [-0.4, -0.2) is 17.0 Å². The molecule has 1 aromatic rings. The summed E-state index contributed by atoms with van der Waals surface area (Å²) in [6, 6.07) is 4.00. The number of thiophene rings is 1. The Balaban J connectivity index is 2.28. The minimum absolute atomic E-state index is 0.0333. The molecule has 1 atom stereocenters. The molecule has 1 rings (SSSR count). The highest BCUT2D eigenvalue weighted by Gasteiger charge is 2.12. The summed E-state index contributed by atoms with van der Waals surface area (Å²) in [5.74, 6) is -1.08. The second-order valence-electron chi connectivity index (χ2n) is 4.20. The smallest absolute Gasteiger partial charge is 0.303 e. The van der Waals surface area contributed by atoms with Crippen molar-refractivity contribution in [2.24, 2.45) is 5.92 Å². The largest absolute Gasteiger partial charge is 0.481 e. The molecule has 0 fully saturated rings. The van der Waals surface area contributed by atoms with Crippen LogP contribution in [0.1, 0.15) is 29.5 Å². The summed E-state index contributed by atoms with van der Waals surface area (Å²) in [6.45, 7) is 4.31. The molecule has 1 heterocycles. The number of carboxylic acid groups (broad SMARTS) is 1. The van der Waals surface area contributed by atoms with Gasteiger partial charge in [-0.2, -0.15) is 0 Å². The molecule has 1 aromatic heterocycles. The molecule has 0 aliphatic heterocycles. The summed E-state index contributed by atoms with van der Waals surface area (Å²) >= 11 is 1.65. The Morgan fingerprint density at radius 2 is 2.12 bits per heavy atom. The summed E-state index contributed by atoms with van der Waals surface area (Å²) in [5.41, 5.74) is 0. The van der Waals surface area contributed by atoms with Crippen molar-refractivity contribution in [2.45, 2.75) is 33.2 Å². The molecule has 0 bridgehead atoms. The van der Waals surface area contributed by atoms with Gasteiger partial charge in [-0.05, 0) is 25.0 Å². The number of carboxylic acids is 1. The van der Waals surface area contributed by atoms with E-state index in [-0.39, 0.29) is 24.7 Å². The van der Waals surface area contributed by atoms with Crippen molar-refractivity contribution in [2.75, 3.05) is 0 Å². The van der Waals surface area contributed by atoms with Crippen LogP contribution >= 0.6 is 11.3 Å². The lowest BCUT2D eigenvalue weighted by molar-refractivity contribution is -0.138. The van der Waals surface area contributed by atoms with Crippen LogP contribution in [0.3, 0.4) is 0 Å². The molecule has 0 saturated heterocycles. The SMILES string of the molecule is Cc1ccc(CNC(=O)CC(C)CC(=O)O)s1. The second-order valence-corrected chi connectivity index (χ2v) is 5.57. The normalized spacial score (nSPS) is 12.1. The topological polar surface area (TPSA) is 66.4 Å². The van der Waals surface area contributed by atoms with Gasteiger partial charge in [0.25, 0.3) is 0 Å². The molecule has 2 N–H and O–H groups in total. The molecule has 1 unspecified atom stereocenters. The molecule has 0 saturated carbocycles. The van der Waals surface area contributed by atoms with Crippen LogP contribution in [0.5, 0.6) is 0 Å². The minimum atomic E-state index is -0.862. The van der Waals surface area contributed by atoms with Crippen molar-refractivity contribution in [1.82, 2.24) is 5.32 Å². The summed E-state index contributed by atoms with van der Waals surface area (Å²) < 4.78 is 0. The Kier molecular flexibility index (Phi) is 5.15. The molecule has 17 heavy (non-hydrogen) atoms. The summed E-state index contributed by atoms with van der Waals surface area (Å²) in [7, 11) is 0. The lowest BCUT2D eigenvalue weighted by Crippen LogP contribution is -2.24. The van der Waals surface area contributed by atoms with E-state index in [0.717, 1.165) is 4.88 Å². The van der Waals surface area contributed by atoms with Crippen LogP contribution in [0.15, 0.2) is 12.1 Å². The van der Waals surface area contributed by atoms with Gasteiger partial charge in [0.15, 0.2) is 0 Å². The number of amides is 1. The van der Waals surface area contributed by atoms with Gasteiger partial charge in [0.1, 0.15) is 0 Å². The highest BCUT2D eigenvalue weighted by molar-refractivity contribution is 7.11. The van der Waals surface area contributed by atoms with E-state index >= 15 is 0 Å². The van der Waals surface area contributed by atoms with Crippen LogP contribution < -0.4 is 5.32 Å². The molecule has 4 nitrogen and oxygen atoms in total. The van der Waals surface area contributed by atoms with Crippen LogP contribution in [-0.2, 0) is 16.1 Å². The Morgan fingerprint density at radius 1 is 1.41 bits per heavy atom. The molecule has 0 radical (unpaired) electrons. The number of hydrogen-bond acceptors (Lipinski definition) is 3. The number of hydrogen-bond donors (Lipinski definition) is 2. The van der Waals surface area contributed by atoms with E-state index in [1.807, 2.05) is 19.1 Å². The number of aliphatic carboxylic acids is 1. The first-order chi connectivity index (χ1) is 7.97. The van der Waals surface area contributed by atoms with E-state index in [1.165, 1.54) is 4.88 Å². The quantitative estimate of drug-likeness (QED) is 0.818. The molecular weight excluding hydrogens is 238 g/mol. The molecular formula is C12H17NO3S. The lowest BCUT2D eigenvalue weighted by atomic mass is 10.0. The molecule has 0 aliphatic rings. The lowest BCUT2D eigenvalue weighted by Gasteiger charge is -2.08. The van der Waals surface area contributed by atoms with Crippen LogP contribution in [0.4, 0.5) is 0 Å². The average Bonchev–Trinajstić information content (AvgIpc) is 2.59. The average molecular weight is 255 g/mol. The van der Waals surface area contributed by atoms with Gasteiger partial charge < -0.3 is 10.4 Å². The van der Waals surface area contributed by atoms with Crippen molar-refractivity contribution in [1.29, 1.82) is 0 Å². The first-order valence-electron chi connectivity index (χ1n) is 5.51. The van der Waals surface area contributed by atoms with E-state index in [0.29, 0.717) is 6.54 Å². The summed E-state index contributed by atoms with van der Waals surface area (Å²) in [6.07, 6.45) is 0.294. The van der Waals surface area contributed by atoms with Gasteiger partial charge >= 0.3 is 5.97 Å². The Labute approximate surface area is 105 Å². The minimum Gasteiger partial charge on any atom is -0.481 e. The zero-order valence-electron chi connectivity index (χ0n) is 10.0. The predicted octanol–water partition coefficient (Wildman–Crippen LogP) is 2.17. The van der Waals surface area contributed by atoms with Crippen molar-refractivity contribution < 1.29 is 14.7 Å². The third-order valence-corrected chi connectivity index (χ3v) is 3.31.